The lowest BCUT2D eigenvalue weighted by Crippen LogP contribution is -2.42. The van der Waals surface area contributed by atoms with E-state index in [4.69, 9.17) is 0 Å². The number of allylic oxidation sites excluding steroid dienone is 1. The Balaban J connectivity index is 1.29. The molecule has 0 bridgehead atoms. The normalized spacial score (nSPS) is 17.8. The zero-order chi connectivity index (χ0) is 21.2. The lowest BCUT2D eigenvalue weighted by molar-refractivity contribution is -0.0953. The predicted octanol–water partition coefficient (Wildman–Crippen LogP) is 3.58. The molecule has 0 aromatic heterocycles. The predicted molar refractivity (Wildman–Crippen MR) is 114 cm³/mol. The summed E-state index contributed by atoms with van der Waals surface area (Å²) in [6, 6.07) is 8.77. The molecule has 0 unspecified atom stereocenters. The lowest BCUT2D eigenvalue weighted by Gasteiger charge is -2.22. The maximum atomic E-state index is 12.8. The molecule has 3 rings (SSSR count). The van der Waals surface area contributed by atoms with Gasteiger partial charge in [0.05, 0.1) is 6.54 Å². The summed E-state index contributed by atoms with van der Waals surface area (Å²) in [5.41, 5.74) is 1.41. The maximum Gasteiger partial charge on any atom is 0.431 e. The summed E-state index contributed by atoms with van der Waals surface area (Å²) in [5.74, 6) is 0.150. The average Bonchev–Trinajstić information content (AvgIpc) is 2.76. The summed E-state index contributed by atoms with van der Waals surface area (Å²) >= 11 is 0. The molecule has 0 saturated heterocycles. The van der Waals surface area contributed by atoms with E-state index in [9.17, 15) is 13.2 Å². The van der Waals surface area contributed by atoms with Gasteiger partial charge in [-0.3, -0.25) is 0 Å². The first-order valence-corrected chi connectivity index (χ1v) is 10.9. The summed E-state index contributed by atoms with van der Waals surface area (Å²) < 4.78 is 38.3. The molecule has 30 heavy (non-hydrogen) atoms. The van der Waals surface area contributed by atoms with E-state index in [0.717, 1.165) is 37.7 Å². The molecule has 8 heteroatoms. The lowest BCUT2D eigenvalue weighted by atomic mass is 9.95. The Kier molecular flexibility index (Phi) is 8.57. The summed E-state index contributed by atoms with van der Waals surface area (Å²) in [7, 11) is 0. The molecule has 0 atom stereocenters. The second-order valence-electron chi connectivity index (χ2n) is 7.92. The van der Waals surface area contributed by atoms with E-state index in [2.05, 4.69) is 26.3 Å². The van der Waals surface area contributed by atoms with Gasteiger partial charge >= 0.3 is 6.18 Å². The minimum Gasteiger partial charge on any atom is -0.352 e. The number of guanidine groups is 1. The van der Waals surface area contributed by atoms with Gasteiger partial charge in [0, 0.05) is 19.1 Å². The molecule has 1 heterocycles. The number of nitrogens with one attached hydrogen (secondary N) is 4. The van der Waals surface area contributed by atoms with Crippen molar-refractivity contribution in [3.8, 4) is 0 Å². The first-order valence-electron chi connectivity index (χ1n) is 10.9. The number of rotatable bonds is 9. The quantitative estimate of drug-likeness (QED) is 0.459. The molecule has 0 amide bonds. The van der Waals surface area contributed by atoms with Crippen molar-refractivity contribution in [2.45, 2.75) is 63.8 Å². The van der Waals surface area contributed by atoms with Crippen molar-refractivity contribution in [2.75, 3.05) is 19.6 Å². The van der Waals surface area contributed by atoms with E-state index in [1.165, 1.54) is 37.7 Å². The highest BCUT2D eigenvalue weighted by Crippen LogP contribution is 2.24. The zero-order valence-corrected chi connectivity index (χ0v) is 17.3. The second kappa shape index (κ2) is 11.4. The SMILES string of the molecule is FC(F)(F)C1=CCN=C(NCc2ccc(CNCCCNC3CCCCC3)cc2)N1. The molecular formula is C22H32F3N5. The van der Waals surface area contributed by atoms with Crippen LogP contribution < -0.4 is 21.3 Å². The van der Waals surface area contributed by atoms with Crippen LogP contribution in [0, 0.1) is 0 Å². The van der Waals surface area contributed by atoms with Crippen LogP contribution in [0.2, 0.25) is 0 Å². The second-order valence-corrected chi connectivity index (χ2v) is 7.92. The van der Waals surface area contributed by atoms with Crippen molar-refractivity contribution in [3.63, 3.8) is 0 Å². The molecule has 166 valence electrons. The van der Waals surface area contributed by atoms with E-state index < -0.39 is 11.9 Å². The number of hydrogen-bond acceptors (Lipinski definition) is 5. The number of benzene rings is 1. The minimum atomic E-state index is -4.39. The van der Waals surface area contributed by atoms with E-state index in [1.807, 2.05) is 24.3 Å². The summed E-state index contributed by atoms with van der Waals surface area (Å²) in [6.45, 7) is 3.28. The number of nitrogens with zero attached hydrogens (tertiary/aromatic N) is 1. The van der Waals surface area contributed by atoms with E-state index in [0.29, 0.717) is 12.6 Å². The Morgan fingerprint density at radius 1 is 0.967 bits per heavy atom. The molecule has 1 aliphatic carbocycles. The third-order valence-electron chi connectivity index (χ3n) is 5.48. The highest BCUT2D eigenvalue weighted by molar-refractivity contribution is 5.82. The Hall–Kier alpha value is -2.06. The first-order chi connectivity index (χ1) is 14.5. The zero-order valence-electron chi connectivity index (χ0n) is 17.3. The van der Waals surface area contributed by atoms with Gasteiger partial charge in [0.2, 0.25) is 0 Å². The van der Waals surface area contributed by atoms with Crippen LogP contribution in [0.5, 0.6) is 0 Å². The Morgan fingerprint density at radius 3 is 2.37 bits per heavy atom. The molecule has 0 spiro atoms. The van der Waals surface area contributed by atoms with Crippen LogP contribution in [-0.4, -0.2) is 37.8 Å². The van der Waals surface area contributed by atoms with Gasteiger partial charge in [0.25, 0.3) is 0 Å². The van der Waals surface area contributed by atoms with Crippen LogP contribution in [0.25, 0.3) is 0 Å². The van der Waals surface area contributed by atoms with Gasteiger partial charge in [0.15, 0.2) is 5.96 Å². The molecule has 1 aromatic rings. The van der Waals surface area contributed by atoms with Gasteiger partial charge < -0.3 is 21.3 Å². The summed E-state index contributed by atoms with van der Waals surface area (Å²) in [4.78, 5) is 4.02. The topological polar surface area (TPSA) is 60.5 Å². The molecule has 0 radical (unpaired) electrons. The van der Waals surface area contributed by atoms with E-state index in [1.54, 1.807) is 0 Å². The fourth-order valence-electron chi connectivity index (χ4n) is 3.75. The Morgan fingerprint density at radius 2 is 1.67 bits per heavy atom. The summed E-state index contributed by atoms with van der Waals surface area (Å²) in [5, 5.41) is 12.3. The van der Waals surface area contributed by atoms with E-state index >= 15 is 0 Å². The summed E-state index contributed by atoms with van der Waals surface area (Å²) in [6.07, 6.45) is 4.51. The van der Waals surface area contributed by atoms with Crippen molar-refractivity contribution in [3.05, 3.63) is 47.2 Å². The van der Waals surface area contributed by atoms with Crippen LogP contribution in [0.4, 0.5) is 13.2 Å². The van der Waals surface area contributed by atoms with Gasteiger partial charge in [0.1, 0.15) is 5.70 Å². The average molecular weight is 424 g/mol. The molecule has 5 nitrogen and oxygen atoms in total. The molecule has 1 saturated carbocycles. The van der Waals surface area contributed by atoms with Crippen LogP contribution in [0.15, 0.2) is 41.0 Å². The highest BCUT2D eigenvalue weighted by atomic mass is 19.4. The minimum absolute atomic E-state index is 0.0188. The van der Waals surface area contributed by atoms with Crippen LogP contribution >= 0.6 is 0 Å². The smallest absolute Gasteiger partial charge is 0.352 e. The van der Waals surface area contributed by atoms with Gasteiger partial charge in [-0.2, -0.15) is 13.2 Å². The fourth-order valence-corrected chi connectivity index (χ4v) is 3.75. The number of hydrogen-bond donors (Lipinski definition) is 4. The van der Waals surface area contributed by atoms with Crippen molar-refractivity contribution < 1.29 is 13.2 Å². The molecule has 4 N–H and O–H groups in total. The number of halogens is 3. The van der Waals surface area contributed by atoms with Crippen molar-refractivity contribution >= 4 is 5.96 Å². The molecule has 1 aromatic carbocycles. The van der Waals surface area contributed by atoms with Crippen molar-refractivity contribution in [1.29, 1.82) is 0 Å². The highest BCUT2D eigenvalue weighted by Gasteiger charge is 2.35. The van der Waals surface area contributed by atoms with Crippen LogP contribution in [0.1, 0.15) is 49.7 Å². The third-order valence-corrected chi connectivity index (χ3v) is 5.48. The van der Waals surface area contributed by atoms with Gasteiger partial charge in [-0.25, -0.2) is 4.99 Å². The monoisotopic (exact) mass is 423 g/mol. The van der Waals surface area contributed by atoms with E-state index in [-0.39, 0.29) is 12.5 Å². The number of alkyl halides is 3. The molecule has 2 aliphatic rings. The van der Waals surface area contributed by atoms with Crippen LogP contribution in [0.3, 0.4) is 0 Å². The van der Waals surface area contributed by atoms with Gasteiger partial charge in [-0.15, -0.1) is 0 Å². The third kappa shape index (κ3) is 7.65. The standard InChI is InChI=1S/C22H32F3N5/c23-22(24,25)20-11-14-28-21(30-20)29-16-18-9-7-17(8-10-18)15-26-12-4-13-27-19-5-2-1-3-6-19/h7-11,19,26-27H,1-6,12-16H2,(H2,28,29,30). The first kappa shape index (κ1) is 22.6. The molecule has 1 fully saturated rings. The van der Waals surface area contributed by atoms with Crippen molar-refractivity contribution in [2.24, 2.45) is 4.99 Å². The maximum absolute atomic E-state index is 12.8. The van der Waals surface area contributed by atoms with Gasteiger partial charge in [-0.1, -0.05) is 43.5 Å². The van der Waals surface area contributed by atoms with Gasteiger partial charge in [-0.05, 0) is 49.6 Å². The largest absolute Gasteiger partial charge is 0.431 e. The van der Waals surface area contributed by atoms with Crippen LogP contribution in [-0.2, 0) is 13.1 Å². The number of aliphatic imine (C=N–C) groups is 1. The Labute approximate surface area is 176 Å². The Bertz CT molecular complexity index is 706. The molecule has 1 aliphatic heterocycles. The fraction of sp³-hybridized carbons (Fsp3) is 0.591. The van der Waals surface area contributed by atoms with Crippen molar-refractivity contribution in [1.82, 2.24) is 21.3 Å². The molecular weight excluding hydrogens is 391 g/mol.